The Hall–Kier alpha value is -2.46. The molecule has 0 radical (unpaired) electrons. The van der Waals surface area contributed by atoms with Crippen LogP contribution in [-0.2, 0) is 9.53 Å². The average molecular weight is 491 g/mol. The smallest absolute Gasteiger partial charge is 0.306 e. The minimum atomic E-state index is -0.885. The summed E-state index contributed by atoms with van der Waals surface area (Å²) in [5.74, 6) is 0.491. The van der Waals surface area contributed by atoms with Crippen molar-refractivity contribution in [2.24, 2.45) is 11.8 Å². The number of esters is 1. The molecular weight excluding hydrogens is 459 g/mol. The molecule has 1 amide bonds. The minimum absolute atomic E-state index is 0.0124. The summed E-state index contributed by atoms with van der Waals surface area (Å²) in [7, 11) is 0. The summed E-state index contributed by atoms with van der Waals surface area (Å²) in [6.07, 6.45) is 10.0. The second-order valence-electron chi connectivity index (χ2n) is 8.95. The number of hydrogen-bond donors (Lipinski definition) is 2. The highest BCUT2D eigenvalue weighted by molar-refractivity contribution is 8.14. The van der Waals surface area contributed by atoms with Crippen LogP contribution in [0.2, 0.25) is 0 Å². The standard InChI is InChI=1S/C24H31FN4O4S/c1-2-33-22(30)12-15-4-3-8-29(9-7-15)21-14-26-13-19(27-21)17-10-16(5-6-18(17)25)11-20-23(31)28-24(32)34-20/h6,10,13-16,20,23,31H,2-5,7-9,11-12H2,1H3,(H,28,32). The molecule has 0 aromatic carbocycles. The van der Waals surface area contributed by atoms with Gasteiger partial charge in [-0.05, 0) is 56.9 Å². The number of aromatic nitrogens is 2. The first-order valence-corrected chi connectivity index (χ1v) is 12.8. The molecule has 2 N–H and O–H groups in total. The molecule has 1 aromatic heterocycles. The number of aliphatic hydroxyl groups excluding tert-OH is 1. The summed E-state index contributed by atoms with van der Waals surface area (Å²) in [4.78, 5) is 34.6. The van der Waals surface area contributed by atoms with Crippen LogP contribution in [-0.4, -0.2) is 57.5 Å². The van der Waals surface area contributed by atoms with Crippen molar-refractivity contribution in [1.82, 2.24) is 15.3 Å². The van der Waals surface area contributed by atoms with Gasteiger partial charge < -0.3 is 20.1 Å². The Labute approximate surface area is 203 Å². The van der Waals surface area contributed by atoms with E-state index in [2.05, 4.69) is 15.2 Å². The lowest BCUT2D eigenvalue weighted by atomic mass is 9.90. The number of halogens is 1. The molecule has 2 fully saturated rings. The molecule has 10 heteroatoms. The van der Waals surface area contributed by atoms with Crippen molar-refractivity contribution in [3.05, 3.63) is 36.1 Å². The number of rotatable bonds is 7. The van der Waals surface area contributed by atoms with E-state index in [9.17, 15) is 19.1 Å². The third-order valence-corrected chi connectivity index (χ3v) is 7.59. The van der Waals surface area contributed by atoms with Crippen molar-refractivity contribution in [2.75, 3.05) is 24.6 Å². The van der Waals surface area contributed by atoms with Crippen molar-refractivity contribution in [3.8, 4) is 0 Å². The molecule has 3 aliphatic rings. The third-order valence-electron chi connectivity index (χ3n) is 6.50. The molecule has 1 aromatic rings. The average Bonchev–Trinajstić information content (AvgIpc) is 2.98. The molecule has 34 heavy (non-hydrogen) atoms. The highest BCUT2D eigenvalue weighted by Crippen LogP contribution is 2.36. The molecule has 4 unspecified atom stereocenters. The Morgan fingerprint density at radius 1 is 1.35 bits per heavy atom. The van der Waals surface area contributed by atoms with Crippen molar-refractivity contribution in [2.45, 2.75) is 56.9 Å². The summed E-state index contributed by atoms with van der Waals surface area (Å²) in [6.45, 7) is 3.77. The highest BCUT2D eigenvalue weighted by atomic mass is 32.2. The van der Waals surface area contributed by atoms with Gasteiger partial charge in [-0.3, -0.25) is 14.6 Å². The van der Waals surface area contributed by atoms with Crippen LogP contribution in [0.4, 0.5) is 15.0 Å². The first kappa shape index (κ1) is 24.7. The van der Waals surface area contributed by atoms with Gasteiger partial charge in [-0.15, -0.1) is 0 Å². The van der Waals surface area contributed by atoms with Gasteiger partial charge in [0.1, 0.15) is 17.9 Å². The number of amides is 1. The fourth-order valence-electron chi connectivity index (χ4n) is 4.74. The fraction of sp³-hybridized carbons (Fsp3) is 0.583. The van der Waals surface area contributed by atoms with Crippen LogP contribution in [0.3, 0.4) is 0 Å². The number of aliphatic hydroxyl groups is 1. The normalized spacial score (nSPS) is 27.5. The molecule has 2 aliphatic heterocycles. The van der Waals surface area contributed by atoms with Crippen LogP contribution >= 0.6 is 11.8 Å². The molecule has 184 valence electrons. The van der Waals surface area contributed by atoms with E-state index in [1.165, 1.54) is 0 Å². The van der Waals surface area contributed by atoms with Crippen molar-refractivity contribution in [3.63, 3.8) is 0 Å². The Morgan fingerprint density at radius 2 is 2.21 bits per heavy atom. The van der Waals surface area contributed by atoms with Gasteiger partial charge >= 0.3 is 5.97 Å². The highest BCUT2D eigenvalue weighted by Gasteiger charge is 2.34. The van der Waals surface area contributed by atoms with E-state index in [1.807, 2.05) is 13.0 Å². The van der Waals surface area contributed by atoms with Gasteiger partial charge in [0, 0.05) is 25.1 Å². The molecule has 4 atom stereocenters. The van der Waals surface area contributed by atoms with Crippen molar-refractivity contribution in [1.29, 1.82) is 0 Å². The maximum Gasteiger partial charge on any atom is 0.306 e. The van der Waals surface area contributed by atoms with Gasteiger partial charge in [0.15, 0.2) is 0 Å². The van der Waals surface area contributed by atoms with Crippen LogP contribution in [0, 0.1) is 11.8 Å². The number of hydrogen-bond acceptors (Lipinski definition) is 8. The second-order valence-corrected chi connectivity index (χ2v) is 10.2. The number of anilines is 1. The summed E-state index contributed by atoms with van der Waals surface area (Å²) in [5.41, 5.74) is 0.870. The van der Waals surface area contributed by atoms with E-state index in [0.29, 0.717) is 43.0 Å². The van der Waals surface area contributed by atoms with Crippen molar-refractivity contribution >= 4 is 34.4 Å². The van der Waals surface area contributed by atoms with Gasteiger partial charge in [0.2, 0.25) is 0 Å². The summed E-state index contributed by atoms with van der Waals surface area (Å²) < 4.78 is 19.9. The molecule has 1 aliphatic carbocycles. The number of allylic oxidation sites excluding steroid dienone is 4. The lowest BCUT2D eigenvalue weighted by molar-refractivity contribution is -0.144. The van der Waals surface area contributed by atoms with E-state index in [1.54, 1.807) is 18.5 Å². The van der Waals surface area contributed by atoms with E-state index in [-0.39, 0.29) is 34.1 Å². The van der Waals surface area contributed by atoms with Gasteiger partial charge in [0.25, 0.3) is 5.24 Å². The van der Waals surface area contributed by atoms with Crippen LogP contribution in [0.1, 0.15) is 51.1 Å². The molecule has 4 rings (SSSR count). The number of carbonyl (C=O) groups is 2. The lowest BCUT2D eigenvalue weighted by Gasteiger charge is -2.23. The molecule has 2 saturated heterocycles. The number of nitrogens with zero attached hydrogens (tertiary/aromatic N) is 3. The van der Waals surface area contributed by atoms with Gasteiger partial charge in [-0.1, -0.05) is 17.8 Å². The Kier molecular flexibility index (Phi) is 8.20. The molecule has 0 saturated carbocycles. The predicted octanol–water partition coefficient (Wildman–Crippen LogP) is 3.83. The van der Waals surface area contributed by atoms with Crippen LogP contribution in [0.5, 0.6) is 0 Å². The van der Waals surface area contributed by atoms with Gasteiger partial charge in [-0.25, -0.2) is 9.37 Å². The van der Waals surface area contributed by atoms with Gasteiger partial charge in [0.05, 0.1) is 29.9 Å². The van der Waals surface area contributed by atoms with Crippen molar-refractivity contribution < 1.29 is 23.8 Å². The first-order valence-electron chi connectivity index (χ1n) is 11.9. The van der Waals surface area contributed by atoms with E-state index >= 15 is 0 Å². The Morgan fingerprint density at radius 3 is 2.97 bits per heavy atom. The summed E-state index contributed by atoms with van der Waals surface area (Å²) in [5, 5.41) is 12.0. The molecule has 0 spiro atoms. The molecule has 3 heterocycles. The maximum atomic E-state index is 14.8. The first-order chi connectivity index (χ1) is 16.4. The Bertz CT molecular complexity index is 972. The number of ether oxygens (including phenoxy) is 1. The fourth-order valence-corrected chi connectivity index (χ4v) is 5.74. The predicted molar refractivity (Wildman–Crippen MR) is 129 cm³/mol. The van der Waals surface area contributed by atoms with E-state index in [0.717, 1.165) is 44.1 Å². The van der Waals surface area contributed by atoms with E-state index in [4.69, 9.17) is 9.72 Å². The Balaban J connectivity index is 1.43. The van der Waals surface area contributed by atoms with Crippen LogP contribution < -0.4 is 10.2 Å². The van der Waals surface area contributed by atoms with Crippen LogP contribution in [0.25, 0.3) is 5.57 Å². The molecule has 0 bridgehead atoms. The van der Waals surface area contributed by atoms with Gasteiger partial charge in [-0.2, -0.15) is 0 Å². The zero-order valence-electron chi connectivity index (χ0n) is 19.3. The second kappa shape index (κ2) is 11.3. The third kappa shape index (κ3) is 6.15. The lowest BCUT2D eigenvalue weighted by Crippen LogP contribution is -2.31. The number of carbonyl (C=O) groups excluding carboxylic acids is 2. The molecule has 8 nitrogen and oxygen atoms in total. The summed E-state index contributed by atoms with van der Waals surface area (Å²) in [6, 6.07) is 0. The molecular formula is C24H31FN4O4S. The number of nitrogens with one attached hydrogen (secondary N) is 1. The minimum Gasteiger partial charge on any atom is -0.466 e. The maximum absolute atomic E-state index is 14.8. The quantitative estimate of drug-likeness (QED) is 0.556. The number of thioether (sulfide) groups is 1. The summed E-state index contributed by atoms with van der Waals surface area (Å²) >= 11 is 1.09. The zero-order chi connectivity index (χ0) is 24.1. The van der Waals surface area contributed by atoms with Crippen LogP contribution in [0.15, 0.2) is 30.4 Å². The van der Waals surface area contributed by atoms with E-state index < -0.39 is 6.23 Å². The largest absolute Gasteiger partial charge is 0.466 e. The topological polar surface area (TPSA) is 105 Å². The zero-order valence-corrected chi connectivity index (χ0v) is 20.1. The SMILES string of the molecule is CCOC(=O)CC1CCCN(c2cncc(C3=CC(CC4SC(=O)NC4O)CC=C3F)n2)CC1. The monoisotopic (exact) mass is 490 g/mol.